The first kappa shape index (κ1) is 44.5. The number of aryl methyl sites for hydroxylation is 3. The number of halogens is 1. The molecule has 0 spiro atoms. The molecule has 0 bridgehead atoms. The highest BCUT2D eigenvalue weighted by molar-refractivity contribution is 5.82. The van der Waals surface area contributed by atoms with Crippen molar-refractivity contribution >= 4 is 11.7 Å². The Kier molecular flexibility index (Phi) is 14.7. The zero-order valence-corrected chi connectivity index (χ0v) is 32.0. The Bertz CT molecular complexity index is 2070. The van der Waals surface area contributed by atoms with Gasteiger partial charge in [-0.3, -0.25) is 47.8 Å². The minimum atomic E-state index is -1.59. The molecule has 3 aromatic heterocycles. The van der Waals surface area contributed by atoms with Crippen molar-refractivity contribution in [2.45, 2.75) is 90.9 Å². The molecule has 57 heavy (non-hydrogen) atoms. The van der Waals surface area contributed by atoms with Gasteiger partial charge in [0.15, 0.2) is 0 Å². The summed E-state index contributed by atoms with van der Waals surface area (Å²) in [6, 6.07) is -1.59. The van der Waals surface area contributed by atoms with Crippen LogP contribution in [0.3, 0.4) is 0 Å². The number of ether oxygens (including phenoxy) is 3. The molecule has 3 aromatic rings. The van der Waals surface area contributed by atoms with Crippen LogP contribution in [0.15, 0.2) is 59.5 Å². The summed E-state index contributed by atoms with van der Waals surface area (Å²) >= 11 is 0. The fourth-order valence-corrected chi connectivity index (χ4v) is 6.82. The average Bonchev–Trinajstić information content (AvgIpc) is 3.91. The second kappa shape index (κ2) is 18.8. The van der Waals surface area contributed by atoms with Gasteiger partial charge in [-0.05, 0) is 34.6 Å². The molecule has 0 amide bonds. The molecule has 3 saturated heterocycles. The first-order chi connectivity index (χ1) is 26.8. The lowest BCUT2D eigenvalue weighted by atomic mass is 9.94. The summed E-state index contributed by atoms with van der Waals surface area (Å²) in [5.41, 5.74) is -0.598. The first-order valence-corrected chi connectivity index (χ1v) is 18.0. The first-order valence-electron chi connectivity index (χ1n) is 18.0. The lowest BCUT2D eigenvalue weighted by Crippen LogP contribution is -2.33. The minimum Gasteiger partial charge on any atom is -0.394 e. The van der Waals surface area contributed by atoms with Crippen LogP contribution in [-0.4, -0.2) is 93.9 Å². The third-order valence-electron chi connectivity index (χ3n) is 10.1. The molecule has 7 N–H and O–H groups in total. The van der Waals surface area contributed by atoms with Crippen LogP contribution in [0.2, 0.25) is 0 Å². The summed E-state index contributed by atoms with van der Waals surface area (Å²) < 4.78 is 33.1. The predicted octanol–water partition coefficient (Wildman–Crippen LogP) is -0.665. The van der Waals surface area contributed by atoms with Crippen molar-refractivity contribution in [2.24, 2.45) is 17.8 Å². The number of aromatic nitrogens is 6. The van der Waals surface area contributed by atoms with Crippen molar-refractivity contribution in [3.8, 4) is 0 Å². The molecule has 9 atom stereocenters. The molecular formula is C36H48FN7O13. The third kappa shape index (κ3) is 10.2. The zero-order valence-electron chi connectivity index (χ0n) is 32.0. The van der Waals surface area contributed by atoms with Gasteiger partial charge in [0, 0.05) is 72.1 Å². The highest BCUT2D eigenvalue weighted by atomic mass is 19.1. The molecule has 20 nitrogen and oxygen atoms in total. The average molecular weight is 806 g/mol. The number of rotatable bonds is 9. The Hall–Kier alpha value is -5.19. The molecule has 0 radical (unpaired) electrons. The quantitative estimate of drug-likeness (QED) is 0.0804. The molecule has 3 fully saturated rings. The predicted molar refractivity (Wildman–Crippen MR) is 200 cm³/mol. The fourth-order valence-electron chi connectivity index (χ4n) is 6.82. The van der Waals surface area contributed by atoms with Crippen LogP contribution in [0.1, 0.15) is 68.5 Å². The van der Waals surface area contributed by atoms with Gasteiger partial charge in [-0.1, -0.05) is 12.2 Å². The molecular weight excluding hydrogens is 757 g/mol. The molecule has 21 heteroatoms. The van der Waals surface area contributed by atoms with Gasteiger partial charge in [-0.2, -0.15) is 4.39 Å². The van der Waals surface area contributed by atoms with Crippen LogP contribution in [0, 0.1) is 43.9 Å². The van der Waals surface area contributed by atoms with E-state index < -0.39 is 83.2 Å². The lowest BCUT2D eigenvalue weighted by molar-refractivity contribution is -0.136. The summed E-state index contributed by atoms with van der Waals surface area (Å²) in [5, 5.41) is 35.3. The smallest absolute Gasteiger partial charge is 0.330 e. The van der Waals surface area contributed by atoms with Crippen LogP contribution in [0.5, 0.6) is 0 Å². The van der Waals surface area contributed by atoms with E-state index in [1.165, 1.54) is 34.6 Å². The summed E-state index contributed by atoms with van der Waals surface area (Å²) in [6.45, 7) is 11.3. The van der Waals surface area contributed by atoms with Crippen molar-refractivity contribution in [2.75, 3.05) is 19.8 Å². The normalized spacial score (nSPS) is 26.6. The number of aromatic amines is 3. The van der Waals surface area contributed by atoms with Gasteiger partial charge in [0.1, 0.15) is 18.7 Å². The maximum atomic E-state index is 12.8. The molecule has 0 aliphatic carbocycles. The summed E-state index contributed by atoms with van der Waals surface area (Å²) in [4.78, 5) is 86.4. The molecule has 6 rings (SSSR count). The minimum absolute atomic E-state index is 0.00846. The third-order valence-corrected chi connectivity index (χ3v) is 10.1. The second-order valence-electron chi connectivity index (χ2n) is 14.2. The summed E-state index contributed by atoms with van der Waals surface area (Å²) in [5.74, 6) is -1.31. The number of hydrogen-bond donors (Lipinski definition) is 7. The Labute approximate surface area is 322 Å². The van der Waals surface area contributed by atoms with Crippen LogP contribution >= 0.6 is 0 Å². The molecule has 0 aromatic carbocycles. The van der Waals surface area contributed by atoms with Crippen LogP contribution in [-0.2, 0) is 19.0 Å². The van der Waals surface area contributed by atoms with Crippen molar-refractivity contribution in [1.82, 2.24) is 28.7 Å². The van der Waals surface area contributed by atoms with E-state index in [9.17, 15) is 48.2 Å². The molecule has 3 aliphatic heterocycles. The van der Waals surface area contributed by atoms with Gasteiger partial charge in [-0.25, -0.2) is 14.4 Å². The SMILES string of the molecule is C=C(C)[C@@H]1C[C@H](n2cc(C)c(=O)[nH]c2=O)O[C@@H]1CO.CC(=N)[C@@H]1C[C@H](n2cc(C)c(=O)[nH]c2=O)O[C@@H]1CO.Cc1cn([C@H]2C[C@@H](C(=O)F)[C@@H](CO)O2)c(=O)[nH]c1=O. The summed E-state index contributed by atoms with van der Waals surface area (Å²) in [7, 11) is 0. The molecule has 312 valence electrons. The molecule has 0 saturated carbocycles. The number of carbonyl (C=O) groups is 1. The van der Waals surface area contributed by atoms with E-state index in [0.717, 1.165) is 10.1 Å². The fraction of sp³-hybridized carbons (Fsp3) is 0.556. The number of nitrogens with one attached hydrogen (secondary N) is 4. The van der Waals surface area contributed by atoms with Gasteiger partial charge in [0.25, 0.3) is 16.7 Å². The van der Waals surface area contributed by atoms with Gasteiger partial charge in [0.05, 0.1) is 44.1 Å². The Balaban J connectivity index is 0.000000189. The number of nitrogens with zero attached hydrogens (tertiary/aromatic N) is 3. The van der Waals surface area contributed by atoms with Gasteiger partial charge < -0.3 is 34.9 Å². The van der Waals surface area contributed by atoms with Gasteiger partial charge >= 0.3 is 23.1 Å². The van der Waals surface area contributed by atoms with Crippen LogP contribution in [0.25, 0.3) is 0 Å². The van der Waals surface area contributed by atoms with E-state index in [0.29, 0.717) is 35.2 Å². The highest BCUT2D eigenvalue weighted by Crippen LogP contribution is 2.36. The Morgan fingerprint density at radius 2 is 0.965 bits per heavy atom. The van der Waals surface area contributed by atoms with Gasteiger partial charge in [-0.15, -0.1) is 0 Å². The number of hydrogen-bond acceptors (Lipinski definition) is 14. The Morgan fingerprint density at radius 3 is 1.21 bits per heavy atom. The van der Waals surface area contributed by atoms with E-state index in [4.69, 9.17) is 24.7 Å². The lowest BCUT2D eigenvalue weighted by Gasteiger charge is -2.15. The van der Waals surface area contributed by atoms with Crippen molar-refractivity contribution in [1.29, 1.82) is 5.41 Å². The van der Waals surface area contributed by atoms with Crippen molar-refractivity contribution < 1.29 is 38.7 Å². The van der Waals surface area contributed by atoms with E-state index in [-0.39, 0.29) is 37.6 Å². The van der Waals surface area contributed by atoms with Crippen molar-refractivity contribution in [3.63, 3.8) is 0 Å². The monoisotopic (exact) mass is 805 g/mol. The van der Waals surface area contributed by atoms with Crippen molar-refractivity contribution in [3.05, 3.63) is 110 Å². The van der Waals surface area contributed by atoms with Crippen LogP contribution in [0.4, 0.5) is 4.39 Å². The Morgan fingerprint density at radius 1 is 0.667 bits per heavy atom. The molecule has 6 heterocycles. The van der Waals surface area contributed by atoms with E-state index >= 15 is 0 Å². The topological polar surface area (TPSA) is 294 Å². The molecule has 0 unspecified atom stereocenters. The maximum Gasteiger partial charge on any atom is 0.330 e. The largest absolute Gasteiger partial charge is 0.394 e. The molecule has 3 aliphatic rings. The second-order valence-corrected chi connectivity index (χ2v) is 14.2. The number of H-pyrrole nitrogens is 3. The van der Waals surface area contributed by atoms with Gasteiger partial charge in [0.2, 0.25) is 0 Å². The standard InChI is InChI=1S/C13H18N2O4.C12H17N3O4.C11H13FN2O5/c1-7(2)9-4-11(19-10(9)6-16)15-5-8(3)12(17)14-13(15)18;1-6-4-15(12(18)14-11(6)17)10-3-8(7(2)13)9(5-16)19-10;1-5-3-14(11(18)13-10(5)17)8-2-6(9(12)16)7(4-15)19-8/h5,9-11,16H,1,4,6H2,2-3H3,(H,14,17,18);4,8-10,13,16H,3,5H2,1-2H3,(H,14,17,18);3,6-8,15H,2,4H2,1H3,(H,13,17,18)/t9-,10+,11+;8-,9+,10+;6-,7-,8-/m001/s1. The van der Waals surface area contributed by atoms with E-state index in [2.05, 4.69) is 21.5 Å². The zero-order chi connectivity index (χ0) is 42.5. The summed E-state index contributed by atoms with van der Waals surface area (Å²) in [6.07, 6.45) is 1.39. The van der Waals surface area contributed by atoms with E-state index in [1.54, 1.807) is 20.8 Å². The van der Waals surface area contributed by atoms with E-state index in [1.807, 2.05) is 6.92 Å². The van der Waals surface area contributed by atoms with Crippen LogP contribution < -0.4 is 33.7 Å². The maximum absolute atomic E-state index is 12.8. The number of aliphatic hydroxyl groups is 3. The number of aliphatic hydroxyl groups excluding tert-OH is 3. The highest BCUT2D eigenvalue weighted by Gasteiger charge is 2.41. The number of carbonyl (C=O) groups excluding carboxylic acids is 1.